The molecule has 5 nitrogen and oxygen atoms in total. The normalized spacial score (nSPS) is 10.5. The van der Waals surface area contributed by atoms with Crippen LogP contribution in [0.3, 0.4) is 0 Å². The van der Waals surface area contributed by atoms with Gasteiger partial charge >= 0.3 is 0 Å². The number of para-hydroxylation sites is 1. The Morgan fingerprint density at radius 2 is 2.00 bits per heavy atom. The predicted octanol–water partition coefficient (Wildman–Crippen LogP) is 2.77. The van der Waals surface area contributed by atoms with Crippen LogP contribution >= 0.6 is 0 Å². The Labute approximate surface area is 121 Å². The van der Waals surface area contributed by atoms with Gasteiger partial charge in [0.15, 0.2) is 0 Å². The molecule has 0 fully saturated rings. The van der Waals surface area contributed by atoms with Gasteiger partial charge in [0.2, 0.25) is 0 Å². The third-order valence-electron chi connectivity index (χ3n) is 3.18. The van der Waals surface area contributed by atoms with Crippen LogP contribution in [-0.2, 0) is 0 Å². The summed E-state index contributed by atoms with van der Waals surface area (Å²) in [6.07, 6.45) is 1.55. The van der Waals surface area contributed by atoms with E-state index in [1.807, 2.05) is 37.3 Å². The molecule has 0 radical (unpaired) electrons. The van der Waals surface area contributed by atoms with Crippen molar-refractivity contribution in [2.45, 2.75) is 6.92 Å². The Hall–Kier alpha value is -2.95. The quantitative estimate of drug-likeness (QED) is 0.755. The first-order valence-electron chi connectivity index (χ1n) is 6.53. The summed E-state index contributed by atoms with van der Waals surface area (Å²) in [6.45, 7) is 1.89. The number of carbonyl (C=O) groups is 1. The molecule has 3 N–H and O–H groups in total. The maximum Gasteiger partial charge on any atom is 0.259 e. The third kappa shape index (κ3) is 2.53. The van der Waals surface area contributed by atoms with Crippen molar-refractivity contribution in [2.75, 3.05) is 11.1 Å². The Morgan fingerprint density at radius 1 is 1.19 bits per heavy atom. The van der Waals surface area contributed by atoms with E-state index in [0.717, 1.165) is 16.6 Å². The second kappa shape index (κ2) is 5.20. The van der Waals surface area contributed by atoms with Gasteiger partial charge in [0, 0.05) is 17.3 Å². The molecule has 0 aliphatic carbocycles. The molecule has 3 rings (SSSR count). The number of aromatic nitrogens is 2. The minimum atomic E-state index is -0.281. The van der Waals surface area contributed by atoms with Crippen LogP contribution in [0.4, 0.5) is 11.5 Å². The summed E-state index contributed by atoms with van der Waals surface area (Å²) in [5, 5.41) is 3.77. The van der Waals surface area contributed by atoms with Crippen LogP contribution < -0.4 is 11.1 Å². The first kappa shape index (κ1) is 13.1. The van der Waals surface area contributed by atoms with E-state index < -0.39 is 0 Å². The van der Waals surface area contributed by atoms with Gasteiger partial charge in [0.1, 0.15) is 5.82 Å². The van der Waals surface area contributed by atoms with Crippen LogP contribution in [0.1, 0.15) is 16.1 Å². The van der Waals surface area contributed by atoms with Gasteiger partial charge in [-0.25, -0.2) is 4.98 Å². The largest absolute Gasteiger partial charge is 0.383 e. The van der Waals surface area contributed by atoms with E-state index in [0.29, 0.717) is 11.3 Å². The standard InChI is InChI=1S/C16H14N4O/c1-10-9-14(11-5-2-3-7-13(11)19-10)20-16(21)12-6-4-8-18-15(12)17/h2-9H,1H3,(H2,17,18)(H,19,20,21). The van der Waals surface area contributed by atoms with Gasteiger partial charge in [-0.3, -0.25) is 9.78 Å². The SMILES string of the molecule is Cc1cc(NC(=O)c2cccnc2N)c2ccccc2n1. The number of hydrogen-bond acceptors (Lipinski definition) is 4. The number of nitrogens with two attached hydrogens (primary N) is 1. The summed E-state index contributed by atoms with van der Waals surface area (Å²) in [5.41, 5.74) is 8.48. The molecule has 5 heteroatoms. The summed E-state index contributed by atoms with van der Waals surface area (Å²) < 4.78 is 0. The average molecular weight is 278 g/mol. The second-order valence-electron chi connectivity index (χ2n) is 4.72. The number of anilines is 2. The number of fused-ring (bicyclic) bond motifs is 1. The average Bonchev–Trinajstić information content (AvgIpc) is 2.47. The van der Waals surface area contributed by atoms with Crippen molar-refractivity contribution in [3.05, 3.63) is 59.9 Å². The lowest BCUT2D eigenvalue weighted by molar-refractivity contribution is 0.102. The molecule has 2 heterocycles. The number of hydrogen-bond donors (Lipinski definition) is 2. The highest BCUT2D eigenvalue weighted by Crippen LogP contribution is 2.23. The minimum absolute atomic E-state index is 0.213. The lowest BCUT2D eigenvalue weighted by atomic mass is 10.1. The van der Waals surface area contributed by atoms with Crippen LogP contribution in [0.25, 0.3) is 10.9 Å². The van der Waals surface area contributed by atoms with E-state index >= 15 is 0 Å². The Morgan fingerprint density at radius 3 is 2.81 bits per heavy atom. The number of nitrogen functional groups attached to an aromatic ring is 1. The molecule has 2 aromatic heterocycles. The summed E-state index contributed by atoms with van der Waals surface area (Å²) in [6, 6.07) is 12.8. The highest BCUT2D eigenvalue weighted by atomic mass is 16.1. The third-order valence-corrected chi connectivity index (χ3v) is 3.18. The number of aryl methyl sites for hydroxylation is 1. The van der Waals surface area contributed by atoms with Crippen LogP contribution in [0.15, 0.2) is 48.7 Å². The van der Waals surface area contributed by atoms with Crippen LogP contribution in [0.2, 0.25) is 0 Å². The predicted molar refractivity (Wildman–Crippen MR) is 83.1 cm³/mol. The number of pyridine rings is 2. The fourth-order valence-corrected chi connectivity index (χ4v) is 2.21. The second-order valence-corrected chi connectivity index (χ2v) is 4.72. The molecule has 21 heavy (non-hydrogen) atoms. The monoisotopic (exact) mass is 278 g/mol. The number of nitrogens with one attached hydrogen (secondary N) is 1. The maximum atomic E-state index is 12.3. The molecule has 0 aliphatic rings. The van der Waals surface area contributed by atoms with E-state index in [1.54, 1.807) is 18.3 Å². The fourth-order valence-electron chi connectivity index (χ4n) is 2.21. The van der Waals surface area contributed by atoms with Gasteiger partial charge in [-0.05, 0) is 31.2 Å². The molecule has 0 atom stereocenters. The molecule has 0 bridgehead atoms. The molecule has 104 valence electrons. The van der Waals surface area contributed by atoms with Crippen molar-refractivity contribution in [2.24, 2.45) is 0 Å². The molecule has 3 aromatic rings. The number of amides is 1. The lowest BCUT2D eigenvalue weighted by Crippen LogP contribution is -2.15. The summed E-state index contributed by atoms with van der Waals surface area (Å²) >= 11 is 0. The van der Waals surface area contributed by atoms with E-state index in [-0.39, 0.29) is 11.7 Å². The lowest BCUT2D eigenvalue weighted by Gasteiger charge is -2.10. The summed E-state index contributed by atoms with van der Waals surface area (Å²) in [4.78, 5) is 20.7. The molecule has 1 amide bonds. The molecular formula is C16H14N4O. The van der Waals surface area contributed by atoms with Gasteiger partial charge in [-0.15, -0.1) is 0 Å². The van der Waals surface area contributed by atoms with E-state index in [4.69, 9.17) is 5.73 Å². The van der Waals surface area contributed by atoms with Gasteiger partial charge < -0.3 is 11.1 Å². The van der Waals surface area contributed by atoms with Gasteiger partial charge in [-0.2, -0.15) is 0 Å². The summed E-state index contributed by atoms with van der Waals surface area (Å²) in [7, 11) is 0. The van der Waals surface area contributed by atoms with E-state index in [1.165, 1.54) is 0 Å². The topological polar surface area (TPSA) is 80.9 Å². The number of carbonyl (C=O) groups excluding carboxylic acids is 1. The first-order valence-corrected chi connectivity index (χ1v) is 6.53. The van der Waals surface area contributed by atoms with Crippen LogP contribution in [0, 0.1) is 6.92 Å². The Bertz CT molecular complexity index is 829. The van der Waals surface area contributed by atoms with Crippen molar-refractivity contribution >= 4 is 28.3 Å². The zero-order valence-electron chi connectivity index (χ0n) is 11.5. The van der Waals surface area contributed by atoms with Crippen molar-refractivity contribution in [1.29, 1.82) is 0 Å². The summed E-state index contributed by atoms with van der Waals surface area (Å²) in [5.74, 6) is -0.0681. The zero-order valence-corrected chi connectivity index (χ0v) is 11.5. The fraction of sp³-hybridized carbons (Fsp3) is 0.0625. The Kier molecular flexibility index (Phi) is 3.23. The van der Waals surface area contributed by atoms with Gasteiger partial charge in [0.05, 0.1) is 16.8 Å². The minimum Gasteiger partial charge on any atom is -0.383 e. The highest BCUT2D eigenvalue weighted by Gasteiger charge is 2.12. The molecule has 1 aromatic carbocycles. The molecular weight excluding hydrogens is 264 g/mol. The maximum absolute atomic E-state index is 12.3. The molecule has 0 saturated heterocycles. The zero-order chi connectivity index (χ0) is 14.8. The number of nitrogens with zero attached hydrogens (tertiary/aromatic N) is 2. The van der Waals surface area contributed by atoms with E-state index in [2.05, 4.69) is 15.3 Å². The number of rotatable bonds is 2. The van der Waals surface area contributed by atoms with Crippen molar-refractivity contribution in [1.82, 2.24) is 9.97 Å². The van der Waals surface area contributed by atoms with E-state index in [9.17, 15) is 4.79 Å². The molecule has 0 aliphatic heterocycles. The van der Waals surface area contributed by atoms with Gasteiger partial charge in [-0.1, -0.05) is 18.2 Å². The van der Waals surface area contributed by atoms with Crippen molar-refractivity contribution in [3.63, 3.8) is 0 Å². The Balaban J connectivity index is 2.02. The molecule has 0 unspecified atom stereocenters. The first-order chi connectivity index (χ1) is 10.1. The highest BCUT2D eigenvalue weighted by molar-refractivity contribution is 6.10. The number of benzene rings is 1. The van der Waals surface area contributed by atoms with Gasteiger partial charge in [0.25, 0.3) is 5.91 Å². The smallest absolute Gasteiger partial charge is 0.259 e. The van der Waals surface area contributed by atoms with Crippen LogP contribution in [0.5, 0.6) is 0 Å². The molecule has 0 spiro atoms. The van der Waals surface area contributed by atoms with Crippen molar-refractivity contribution < 1.29 is 4.79 Å². The van der Waals surface area contributed by atoms with Crippen LogP contribution in [-0.4, -0.2) is 15.9 Å². The van der Waals surface area contributed by atoms with Crippen molar-refractivity contribution in [3.8, 4) is 0 Å². The molecule has 0 saturated carbocycles.